The highest BCUT2D eigenvalue weighted by Gasteiger charge is 2.30. The van der Waals surface area contributed by atoms with Crippen molar-refractivity contribution in [2.75, 3.05) is 14.2 Å². The molecule has 0 unspecified atom stereocenters. The first-order chi connectivity index (χ1) is 15.0. The van der Waals surface area contributed by atoms with Gasteiger partial charge in [0.15, 0.2) is 17.3 Å². The lowest BCUT2D eigenvalue weighted by Crippen LogP contribution is -2.00. The summed E-state index contributed by atoms with van der Waals surface area (Å²) in [7, 11) is 3.11. The summed E-state index contributed by atoms with van der Waals surface area (Å²) in [5.74, 6) is 1.84. The van der Waals surface area contributed by atoms with Crippen LogP contribution in [0.2, 0.25) is 0 Å². The quantitative estimate of drug-likeness (QED) is 0.504. The first-order valence-corrected chi connectivity index (χ1v) is 9.66. The van der Waals surface area contributed by atoms with Crippen LogP contribution in [0.25, 0.3) is 6.08 Å². The molecule has 6 heteroatoms. The van der Waals surface area contributed by atoms with E-state index in [1.807, 2.05) is 13.0 Å². The van der Waals surface area contributed by atoms with Gasteiger partial charge >= 0.3 is 0 Å². The number of halogens is 1. The lowest BCUT2D eigenvalue weighted by Gasteiger charge is -2.09. The molecule has 0 atom stereocenters. The van der Waals surface area contributed by atoms with E-state index in [0.717, 1.165) is 11.1 Å². The number of hydrogen-bond donors (Lipinski definition) is 0. The summed E-state index contributed by atoms with van der Waals surface area (Å²) in [6.07, 6.45) is 1.66. The SMILES string of the molecule is COc1ccc(/C=C2\Oc3cc(OCc4cccc(F)c4)cc(C)c3C2=O)cc1OC. The molecule has 0 saturated carbocycles. The summed E-state index contributed by atoms with van der Waals surface area (Å²) in [4.78, 5) is 12.9. The third-order valence-corrected chi connectivity index (χ3v) is 4.94. The molecule has 0 radical (unpaired) electrons. The van der Waals surface area contributed by atoms with Crippen LogP contribution in [-0.4, -0.2) is 20.0 Å². The van der Waals surface area contributed by atoms with Crippen LogP contribution in [0.3, 0.4) is 0 Å². The van der Waals surface area contributed by atoms with E-state index >= 15 is 0 Å². The van der Waals surface area contributed by atoms with Gasteiger partial charge in [0.2, 0.25) is 5.78 Å². The van der Waals surface area contributed by atoms with Gasteiger partial charge < -0.3 is 18.9 Å². The number of Topliss-reactive ketones (excluding diaryl/α,β-unsaturated/α-hetero) is 1. The summed E-state index contributed by atoms with van der Waals surface area (Å²) in [5.41, 5.74) is 2.70. The van der Waals surface area contributed by atoms with Crippen molar-refractivity contribution in [2.24, 2.45) is 0 Å². The van der Waals surface area contributed by atoms with Gasteiger partial charge in [-0.15, -0.1) is 0 Å². The number of aryl methyl sites for hydroxylation is 1. The third kappa shape index (κ3) is 4.23. The van der Waals surface area contributed by atoms with Crippen LogP contribution in [0.1, 0.15) is 27.0 Å². The molecule has 0 amide bonds. The average Bonchev–Trinajstić information content (AvgIpc) is 3.07. The molecular formula is C25H21FO5. The van der Waals surface area contributed by atoms with Crippen molar-refractivity contribution in [2.45, 2.75) is 13.5 Å². The standard InChI is InChI=1S/C25H21FO5/c1-15-9-19(30-14-17-5-4-6-18(26)10-17)13-22-24(15)25(27)23(31-22)12-16-7-8-20(28-2)21(11-16)29-3/h4-13H,14H2,1-3H3/b23-12-. The van der Waals surface area contributed by atoms with Crippen molar-refractivity contribution >= 4 is 11.9 Å². The van der Waals surface area contributed by atoms with Crippen molar-refractivity contribution in [3.05, 3.63) is 88.4 Å². The van der Waals surface area contributed by atoms with Gasteiger partial charge in [-0.25, -0.2) is 4.39 Å². The first kappa shape index (κ1) is 20.5. The molecule has 0 saturated heterocycles. The highest BCUT2D eigenvalue weighted by molar-refractivity contribution is 6.15. The maximum atomic E-state index is 13.4. The summed E-state index contributed by atoms with van der Waals surface area (Å²) in [5, 5.41) is 0. The lowest BCUT2D eigenvalue weighted by atomic mass is 10.0. The van der Waals surface area contributed by atoms with E-state index in [9.17, 15) is 9.18 Å². The molecule has 3 aromatic rings. The summed E-state index contributed by atoms with van der Waals surface area (Å²) in [6, 6.07) is 15.0. The minimum absolute atomic E-state index is 0.195. The second kappa shape index (κ2) is 8.52. The van der Waals surface area contributed by atoms with Crippen LogP contribution in [-0.2, 0) is 6.61 Å². The van der Waals surface area contributed by atoms with E-state index < -0.39 is 0 Å². The van der Waals surface area contributed by atoms with E-state index in [2.05, 4.69) is 0 Å². The maximum Gasteiger partial charge on any atom is 0.232 e. The number of allylic oxidation sites excluding steroid dienone is 1. The largest absolute Gasteiger partial charge is 0.493 e. The zero-order valence-electron chi connectivity index (χ0n) is 17.4. The molecule has 0 aliphatic carbocycles. The molecule has 158 valence electrons. The normalized spacial score (nSPS) is 13.7. The van der Waals surface area contributed by atoms with Crippen LogP contribution < -0.4 is 18.9 Å². The van der Waals surface area contributed by atoms with Crippen molar-refractivity contribution in [1.82, 2.24) is 0 Å². The van der Waals surface area contributed by atoms with Gasteiger partial charge in [0.1, 0.15) is 23.9 Å². The Morgan fingerprint density at radius 3 is 2.55 bits per heavy atom. The summed E-state index contributed by atoms with van der Waals surface area (Å²) in [6.45, 7) is 2.03. The van der Waals surface area contributed by atoms with Crippen molar-refractivity contribution in [1.29, 1.82) is 0 Å². The Bertz CT molecular complexity index is 1180. The number of carbonyl (C=O) groups excluding carboxylic acids is 1. The second-order valence-electron chi connectivity index (χ2n) is 7.09. The fraction of sp³-hybridized carbons (Fsp3) is 0.160. The zero-order chi connectivity index (χ0) is 22.0. The molecule has 0 spiro atoms. The number of rotatable bonds is 6. The van der Waals surface area contributed by atoms with Gasteiger partial charge in [0.25, 0.3) is 0 Å². The Labute approximate surface area is 179 Å². The van der Waals surface area contributed by atoms with E-state index in [1.165, 1.54) is 12.1 Å². The summed E-state index contributed by atoms with van der Waals surface area (Å²) < 4.78 is 35.6. The Kier molecular flexibility index (Phi) is 5.62. The molecule has 4 rings (SSSR count). The highest BCUT2D eigenvalue weighted by Crippen LogP contribution is 2.38. The third-order valence-electron chi connectivity index (χ3n) is 4.94. The van der Waals surface area contributed by atoms with E-state index in [1.54, 1.807) is 56.7 Å². The molecule has 0 N–H and O–H groups in total. The number of ketones is 1. The van der Waals surface area contributed by atoms with Crippen molar-refractivity contribution in [3.63, 3.8) is 0 Å². The molecule has 1 aliphatic heterocycles. The molecule has 1 heterocycles. The van der Waals surface area contributed by atoms with E-state index in [0.29, 0.717) is 34.1 Å². The van der Waals surface area contributed by atoms with E-state index in [4.69, 9.17) is 18.9 Å². The van der Waals surface area contributed by atoms with Gasteiger partial charge in [-0.2, -0.15) is 0 Å². The molecule has 0 bridgehead atoms. The molecule has 0 aromatic heterocycles. The number of ether oxygens (including phenoxy) is 4. The van der Waals surface area contributed by atoms with Crippen LogP contribution in [0.4, 0.5) is 4.39 Å². The predicted octanol–water partition coefficient (Wildman–Crippen LogP) is 5.35. The van der Waals surface area contributed by atoms with Gasteiger partial charge in [0.05, 0.1) is 19.8 Å². The molecular weight excluding hydrogens is 399 g/mol. The number of benzene rings is 3. The topological polar surface area (TPSA) is 54.0 Å². The minimum Gasteiger partial charge on any atom is -0.493 e. The molecule has 31 heavy (non-hydrogen) atoms. The summed E-state index contributed by atoms with van der Waals surface area (Å²) >= 11 is 0. The van der Waals surface area contributed by atoms with Gasteiger partial charge in [-0.3, -0.25) is 4.79 Å². The Hall–Kier alpha value is -3.80. The second-order valence-corrected chi connectivity index (χ2v) is 7.09. The van der Waals surface area contributed by atoms with Crippen LogP contribution in [0, 0.1) is 12.7 Å². The van der Waals surface area contributed by atoms with Crippen molar-refractivity contribution < 1.29 is 28.1 Å². The number of fused-ring (bicyclic) bond motifs is 1. The Morgan fingerprint density at radius 2 is 1.81 bits per heavy atom. The zero-order valence-corrected chi connectivity index (χ0v) is 17.4. The molecule has 3 aromatic carbocycles. The first-order valence-electron chi connectivity index (χ1n) is 9.66. The molecule has 0 fully saturated rings. The number of methoxy groups -OCH3 is 2. The smallest absolute Gasteiger partial charge is 0.232 e. The number of hydrogen-bond acceptors (Lipinski definition) is 5. The minimum atomic E-state index is -0.315. The fourth-order valence-corrected chi connectivity index (χ4v) is 3.45. The Balaban J connectivity index is 1.57. The monoisotopic (exact) mass is 420 g/mol. The molecule has 1 aliphatic rings. The van der Waals surface area contributed by atoms with Crippen molar-refractivity contribution in [3.8, 4) is 23.0 Å². The lowest BCUT2D eigenvalue weighted by molar-refractivity contribution is 0.101. The number of carbonyl (C=O) groups is 1. The van der Waals surface area contributed by atoms with Crippen LogP contribution in [0.15, 0.2) is 60.4 Å². The average molecular weight is 420 g/mol. The molecule has 5 nitrogen and oxygen atoms in total. The Morgan fingerprint density at radius 1 is 1.00 bits per heavy atom. The van der Waals surface area contributed by atoms with E-state index in [-0.39, 0.29) is 24.0 Å². The maximum absolute atomic E-state index is 13.4. The fourth-order valence-electron chi connectivity index (χ4n) is 3.45. The van der Waals surface area contributed by atoms with Crippen LogP contribution >= 0.6 is 0 Å². The predicted molar refractivity (Wildman–Crippen MR) is 114 cm³/mol. The van der Waals surface area contributed by atoms with Crippen LogP contribution in [0.5, 0.6) is 23.0 Å². The van der Waals surface area contributed by atoms with Gasteiger partial charge in [-0.1, -0.05) is 18.2 Å². The highest BCUT2D eigenvalue weighted by atomic mass is 19.1. The van der Waals surface area contributed by atoms with Gasteiger partial charge in [-0.05, 0) is 60.0 Å². The van der Waals surface area contributed by atoms with Gasteiger partial charge in [0, 0.05) is 6.07 Å².